The van der Waals surface area contributed by atoms with E-state index in [1.54, 1.807) is 13.8 Å². The van der Waals surface area contributed by atoms with Crippen LogP contribution in [0.2, 0.25) is 0 Å². The van der Waals surface area contributed by atoms with Crippen molar-refractivity contribution >= 4 is 10.0 Å². The average molecular weight is 222 g/mol. The summed E-state index contributed by atoms with van der Waals surface area (Å²) in [5.41, 5.74) is -0.915. The first-order chi connectivity index (χ1) is 6.36. The van der Waals surface area contributed by atoms with E-state index in [2.05, 4.69) is 10.0 Å². The molecule has 6 heteroatoms. The number of hydrogen-bond donors (Lipinski definition) is 3. The molecule has 1 rings (SSSR count). The van der Waals surface area contributed by atoms with Crippen molar-refractivity contribution in [3.63, 3.8) is 0 Å². The second kappa shape index (κ2) is 4.14. The van der Waals surface area contributed by atoms with Gasteiger partial charge in [0, 0.05) is 13.1 Å². The third-order valence-electron chi connectivity index (χ3n) is 2.44. The van der Waals surface area contributed by atoms with Gasteiger partial charge < -0.3 is 10.4 Å². The summed E-state index contributed by atoms with van der Waals surface area (Å²) < 4.78 is 25.2. The van der Waals surface area contributed by atoms with Crippen molar-refractivity contribution in [2.24, 2.45) is 0 Å². The predicted molar refractivity (Wildman–Crippen MR) is 54.5 cm³/mol. The van der Waals surface area contributed by atoms with Gasteiger partial charge in [0.25, 0.3) is 0 Å². The molecule has 0 aromatic rings. The molecule has 0 spiro atoms. The van der Waals surface area contributed by atoms with Crippen molar-refractivity contribution in [1.82, 2.24) is 10.0 Å². The highest BCUT2D eigenvalue weighted by Gasteiger charge is 2.32. The van der Waals surface area contributed by atoms with E-state index in [1.807, 2.05) is 0 Å². The summed E-state index contributed by atoms with van der Waals surface area (Å²) in [6.45, 7) is 4.51. The van der Waals surface area contributed by atoms with E-state index in [-0.39, 0.29) is 6.54 Å². The molecule has 0 saturated carbocycles. The summed E-state index contributed by atoms with van der Waals surface area (Å²) in [5, 5.41) is 12.4. The van der Waals surface area contributed by atoms with Gasteiger partial charge in [0.2, 0.25) is 10.0 Å². The maximum Gasteiger partial charge on any atom is 0.214 e. The second-order valence-corrected chi connectivity index (χ2v) is 6.39. The molecule has 1 fully saturated rings. The Morgan fingerprint density at radius 1 is 1.57 bits per heavy atom. The predicted octanol–water partition coefficient (Wildman–Crippen LogP) is -0.961. The Morgan fingerprint density at radius 2 is 2.21 bits per heavy atom. The van der Waals surface area contributed by atoms with E-state index < -0.39 is 20.9 Å². The van der Waals surface area contributed by atoms with Crippen molar-refractivity contribution in [1.29, 1.82) is 0 Å². The van der Waals surface area contributed by atoms with Crippen LogP contribution in [0.3, 0.4) is 0 Å². The second-order valence-electron chi connectivity index (χ2n) is 4.07. The van der Waals surface area contributed by atoms with Gasteiger partial charge in [-0.15, -0.1) is 0 Å². The number of sulfonamides is 1. The highest BCUT2D eigenvalue weighted by Crippen LogP contribution is 2.13. The maximum absolute atomic E-state index is 11.4. The van der Waals surface area contributed by atoms with Crippen molar-refractivity contribution < 1.29 is 13.5 Å². The van der Waals surface area contributed by atoms with Crippen LogP contribution in [-0.4, -0.2) is 44.0 Å². The summed E-state index contributed by atoms with van der Waals surface area (Å²) in [5.74, 6) is 0. The van der Waals surface area contributed by atoms with E-state index in [9.17, 15) is 13.5 Å². The molecular formula is C8H18N2O3S. The van der Waals surface area contributed by atoms with Gasteiger partial charge in [0.05, 0.1) is 10.9 Å². The molecule has 0 amide bonds. The summed E-state index contributed by atoms with van der Waals surface area (Å²) in [4.78, 5) is 0. The maximum atomic E-state index is 11.4. The zero-order chi connectivity index (χ0) is 10.8. The van der Waals surface area contributed by atoms with Gasteiger partial charge in [-0.05, 0) is 26.8 Å². The third kappa shape index (κ3) is 2.91. The molecule has 1 unspecified atom stereocenters. The van der Waals surface area contributed by atoms with Crippen LogP contribution in [0.1, 0.15) is 20.3 Å². The molecule has 84 valence electrons. The van der Waals surface area contributed by atoms with Gasteiger partial charge in [-0.25, -0.2) is 13.1 Å². The molecule has 0 aromatic heterocycles. The van der Waals surface area contributed by atoms with Crippen molar-refractivity contribution in [3.05, 3.63) is 0 Å². The number of nitrogens with one attached hydrogen (secondary N) is 2. The lowest BCUT2D eigenvalue weighted by Crippen LogP contribution is -2.46. The smallest absolute Gasteiger partial charge is 0.214 e. The van der Waals surface area contributed by atoms with E-state index >= 15 is 0 Å². The first kappa shape index (κ1) is 11.9. The van der Waals surface area contributed by atoms with Crippen LogP contribution in [0.5, 0.6) is 0 Å². The van der Waals surface area contributed by atoms with Crippen LogP contribution >= 0.6 is 0 Å². The monoisotopic (exact) mass is 222 g/mol. The van der Waals surface area contributed by atoms with E-state index in [0.717, 1.165) is 6.54 Å². The molecule has 14 heavy (non-hydrogen) atoms. The molecule has 1 aliphatic heterocycles. The number of hydrogen-bond acceptors (Lipinski definition) is 4. The van der Waals surface area contributed by atoms with Crippen LogP contribution in [0.4, 0.5) is 0 Å². The normalized spacial score (nSPS) is 28.6. The van der Waals surface area contributed by atoms with Gasteiger partial charge in [0.1, 0.15) is 0 Å². The van der Waals surface area contributed by atoms with Crippen molar-refractivity contribution in [2.75, 3.05) is 19.6 Å². The Morgan fingerprint density at radius 3 is 2.64 bits per heavy atom. The van der Waals surface area contributed by atoms with E-state index in [1.165, 1.54) is 0 Å². The molecule has 1 aliphatic rings. The Balaban J connectivity index is 2.48. The topological polar surface area (TPSA) is 78.4 Å². The Bertz CT molecular complexity index is 281. The number of β-amino-alcohol motifs (C(OH)–C–C–N with tert-alkyl or cyclic N) is 1. The minimum atomic E-state index is -3.26. The fraction of sp³-hybridized carbons (Fsp3) is 1.00. The Kier molecular flexibility index (Phi) is 3.52. The third-order valence-corrected chi connectivity index (χ3v) is 4.23. The SMILES string of the molecule is CC(C)S(=O)(=O)NCC1(O)CCNC1. The minimum Gasteiger partial charge on any atom is -0.387 e. The number of rotatable bonds is 4. The van der Waals surface area contributed by atoms with Crippen molar-refractivity contribution in [2.45, 2.75) is 31.1 Å². The van der Waals surface area contributed by atoms with Gasteiger partial charge >= 0.3 is 0 Å². The zero-order valence-corrected chi connectivity index (χ0v) is 9.39. The average Bonchev–Trinajstić information content (AvgIpc) is 2.50. The van der Waals surface area contributed by atoms with E-state index in [4.69, 9.17) is 0 Å². The quantitative estimate of drug-likeness (QED) is 0.572. The zero-order valence-electron chi connectivity index (χ0n) is 8.58. The van der Waals surface area contributed by atoms with Crippen molar-refractivity contribution in [3.8, 4) is 0 Å². The van der Waals surface area contributed by atoms with Crippen LogP contribution in [-0.2, 0) is 10.0 Å². The first-order valence-electron chi connectivity index (χ1n) is 4.77. The van der Waals surface area contributed by atoms with Crippen LogP contribution < -0.4 is 10.0 Å². The van der Waals surface area contributed by atoms with Gasteiger partial charge in [0.15, 0.2) is 0 Å². The van der Waals surface area contributed by atoms with Gasteiger partial charge in [-0.1, -0.05) is 0 Å². The van der Waals surface area contributed by atoms with Crippen LogP contribution in [0, 0.1) is 0 Å². The minimum absolute atomic E-state index is 0.0977. The molecule has 3 N–H and O–H groups in total. The number of aliphatic hydroxyl groups is 1. The highest BCUT2D eigenvalue weighted by molar-refractivity contribution is 7.90. The lowest BCUT2D eigenvalue weighted by molar-refractivity contribution is 0.0667. The summed E-state index contributed by atoms with van der Waals surface area (Å²) in [7, 11) is -3.26. The Labute approximate surface area is 84.9 Å². The largest absolute Gasteiger partial charge is 0.387 e. The Hall–Kier alpha value is -0.170. The standard InChI is InChI=1S/C8H18N2O3S/c1-7(2)14(12,13)10-6-8(11)3-4-9-5-8/h7,9-11H,3-6H2,1-2H3. The molecule has 0 radical (unpaired) electrons. The molecular weight excluding hydrogens is 204 g/mol. The summed E-state index contributed by atoms with van der Waals surface area (Å²) >= 11 is 0. The van der Waals surface area contributed by atoms with Crippen LogP contribution in [0.25, 0.3) is 0 Å². The molecule has 0 bridgehead atoms. The molecule has 1 saturated heterocycles. The molecule has 1 atom stereocenters. The summed E-state index contributed by atoms with van der Waals surface area (Å²) in [6.07, 6.45) is 0.591. The molecule has 1 heterocycles. The molecule has 5 nitrogen and oxygen atoms in total. The van der Waals surface area contributed by atoms with Gasteiger partial charge in [-0.3, -0.25) is 0 Å². The summed E-state index contributed by atoms with van der Waals surface area (Å²) in [6, 6.07) is 0. The van der Waals surface area contributed by atoms with Crippen LogP contribution in [0.15, 0.2) is 0 Å². The van der Waals surface area contributed by atoms with Gasteiger partial charge in [-0.2, -0.15) is 0 Å². The fourth-order valence-electron chi connectivity index (χ4n) is 1.28. The molecule has 0 aliphatic carbocycles. The first-order valence-corrected chi connectivity index (χ1v) is 6.32. The lowest BCUT2D eigenvalue weighted by atomic mass is 10.1. The molecule has 0 aromatic carbocycles. The fourth-order valence-corrected chi connectivity index (χ4v) is 2.09. The van der Waals surface area contributed by atoms with E-state index in [0.29, 0.717) is 13.0 Å². The lowest BCUT2D eigenvalue weighted by Gasteiger charge is -2.22. The highest BCUT2D eigenvalue weighted by atomic mass is 32.2.